The number of benzene rings is 1. The molecule has 0 spiro atoms. The molecule has 0 bridgehead atoms. The van der Waals surface area contributed by atoms with Crippen molar-refractivity contribution in [3.05, 3.63) is 47.0 Å². The molecule has 1 aromatic rings. The number of ether oxygens (including phenoxy) is 2. The zero-order valence-electron chi connectivity index (χ0n) is 25.6. The van der Waals surface area contributed by atoms with Crippen molar-refractivity contribution in [3.8, 4) is 0 Å². The summed E-state index contributed by atoms with van der Waals surface area (Å²) in [6.07, 6.45) is 3.56. The summed E-state index contributed by atoms with van der Waals surface area (Å²) in [6.45, 7) is 6.40. The van der Waals surface area contributed by atoms with Gasteiger partial charge in [-0.3, -0.25) is 4.79 Å². The predicted octanol–water partition coefficient (Wildman–Crippen LogP) is 2.78. The number of rotatable bonds is 6. The molecule has 3 saturated carbocycles. The number of carbonyl (C=O) groups is 1. The fraction of sp³-hybridized carbons (Fsp3) is 0.735. The summed E-state index contributed by atoms with van der Waals surface area (Å²) in [5.74, 6) is 0.517. The highest BCUT2D eigenvalue weighted by molar-refractivity contribution is 5.94. The highest BCUT2D eigenvalue weighted by Gasteiger charge is 2.66. The molecule has 0 radical (unpaired) electrons. The monoisotopic (exact) mass is 599 g/mol. The van der Waals surface area contributed by atoms with E-state index in [4.69, 9.17) is 14.6 Å². The molecule has 9 heteroatoms. The Morgan fingerprint density at radius 1 is 1.02 bits per heavy atom. The van der Waals surface area contributed by atoms with Gasteiger partial charge in [0.15, 0.2) is 6.29 Å². The van der Waals surface area contributed by atoms with Crippen molar-refractivity contribution in [1.29, 1.82) is 0 Å². The molecule has 5 aliphatic rings. The number of aliphatic hydroxyl groups is 5. The summed E-state index contributed by atoms with van der Waals surface area (Å²) in [7, 11) is 0. The molecule has 6 rings (SSSR count). The summed E-state index contributed by atoms with van der Waals surface area (Å²) in [4.78, 5) is 12.6. The maximum atomic E-state index is 12.6. The Morgan fingerprint density at radius 2 is 1.81 bits per heavy atom. The van der Waals surface area contributed by atoms with Crippen LogP contribution in [-0.4, -0.2) is 87.0 Å². The number of nitrogens with one attached hydrogen (secondary N) is 1. The fourth-order valence-electron chi connectivity index (χ4n) is 9.77. The molecule has 4 fully saturated rings. The van der Waals surface area contributed by atoms with Gasteiger partial charge in [0.25, 0.3) is 5.91 Å². The van der Waals surface area contributed by atoms with Crippen LogP contribution in [0.4, 0.5) is 0 Å². The molecule has 1 aromatic carbocycles. The number of amides is 1. The van der Waals surface area contributed by atoms with E-state index in [-0.39, 0.29) is 47.8 Å². The van der Waals surface area contributed by atoms with Crippen LogP contribution in [-0.2, 0) is 9.47 Å². The largest absolute Gasteiger partial charge is 0.395 e. The highest BCUT2D eigenvalue weighted by Crippen LogP contribution is 2.70. The van der Waals surface area contributed by atoms with Crippen LogP contribution in [0.5, 0.6) is 0 Å². The Labute approximate surface area is 254 Å². The number of hydrogen-bond donors (Lipinski definition) is 6. The molecule has 43 heavy (non-hydrogen) atoms. The Balaban J connectivity index is 1.19. The summed E-state index contributed by atoms with van der Waals surface area (Å²) in [5, 5.41) is 55.2. The summed E-state index contributed by atoms with van der Waals surface area (Å²) in [6, 6.07) is 7.79. The van der Waals surface area contributed by atoms with Gasteiger partial charge in [-0.05, 0) is 99.2 Å². The van der Waals surface area contributed by atoms with Crippen LogP contribution in [0, 0.1) is 22.7 Å². The molecular formula is C34H49NO8. The van der Waals surface area contributed by atoms with Gasteiger partial charge in [-0.1, -0.05) is 37.6 Å². The van der Waals surface area contributed by atoms with E-state index in [1.165, 1.54) is 5.57 Å². The second kappa shape index (κ2) is 11.5. The van der Waals surface area contributed by atoms with Crippen molar-refractivity contribution in [2.24, 2.45) is 22.7 Å². The van der Waals surface area contributed by atoms with Crippen molar-refractivity contribution in [3.63, 3.8) is 0 Å². The zero-order chi connectivity index (χ0) is 30.7. The molecule has 1 saturated heterocycles. The highest BCUT2D eigenvalue weighted by atomic mass is 16.7. The Hall–Kier alpha value is -1.85. The first-order valence-electron chi connectivity index (χ1n) is 16.2. The molecule has 0 unspecified atom stereocenters. The van der Waals surface area contributed by atoms with Crippen LogP contribution in [0.25, 0.3) is 0 Å². The lowest BCUT2D eigenvalue weighted by Gasteiger charge is -2.62. The van der Waals surface area contributed by atoms with Crippen LogP contribution >= 0.6 is 0 Å². The van der Waals surface area contributed by atoms with E-state index in [2.05, 4.69) is 31.3 Å². The quantitative estimate of drug-likeness (QED) is 0.274. The zero-order valence-corrected chi connectivity index (χ0v) is 25.6. The lowest BCUT2D eigenvalue weighted by Crippen LogP contribution is -2.60. The average molecular weight is 600 g/mol. The Bertz CT molecular complexity index is 1240. The van der Waals surface area contributed by atoms with E-state index in [1.807, 2.05) is 12.1 Å². The van der Waals surface area contributed by atoms with Crippen molar-refractivity contribution in [2.75, 3.05) is 13.2 Å². The van der Waals surface area contributed by atoms with Gasteiger partial charge in [-0.2, -0.15) is 0 Å². The van der Waals surface area contributed by atoms with Gasteiger partial charge < -0.3 is 40.3 Å². The second-order valence-corrected chi connectivity index (χ2v) is 14.3. The van der Waals surface area contributed by atoms with Crippen LogP contribution in [0.15, 0.2) is 35.9 Å². The first-order chi connectivity index (χ1) is 20.4. The molecular weight excluding hydrogens is 550 g/mol. The van der Waals surface area contributed by atoms with Crippen LogP contribution in [0.1, 0.15) is 94.0 Å². The van der Waals surface area contributed by atoms with Crippen LogP contribution in [0.2, 0.25) is 0 Å². The minimum absolute atomic E-state index is 0.0440. The van der Waals surface area contributed by atoms with Crippen molar-refractivity contribution in [1.82, 2.24) is 5.32 Å². The van der Waals surface area contributed by atoms with E-state index in [9.17, 15) is 25.2 Å². The maximum absolute atomic E-state index is 12.6. The third-order valence-corrected chi connectivity index (χ3v) is 12.3. The number of hydrogen-bond acceptors (Lipinski definition) is 8. The lowest BCUT2D eigenvalue weighted by atomic mass is 9.45. The summed E-state index contributed by atoms with van der Waals surface area (Å²) < 4.78 is 11.9. The van der Waals surface area contributed by atoms with Gasteiger partial charge in [-0.15, -0.1) is 0 Å². The number of carbonyl (C=O) groups excluding carboxylic acids is 1. The molecule has 0 aromatic heterocycles. The topological polar surface area (TPSA) is 149 Å². The smallest absolute Gasteiger partial charge is 0.251 e. The molecule has 12 atom stereocenters. The van der Waals surface area contributed by atoms with Crippen LogP contribution in [0.3, 0.4) is 0 Å². The fourth-order valence-corrected chi connectivity index (χ4v) is 9.77. The van der Waals surface area contributed by atoms with Crippen LogP contribution < -0.4 is 5.32 Å². The van der Waals surface area contributed by atoms with E-state index in [0.717, 1.165) is 56.9 Å². The molecule has 6 N–H and O–H groups in total. The standard InChI is InChI=1S/C34H49NO8/c1-19-27(37)28(38)29(39)31(42-19)43-23-9-12-32(2)22(18-23)7-8-26-25(32)10-13-33(3)24(11-14-34(26,33)41)20-5-4-6-21(17-20)30(40)35-15-16-36/h4-6,17-19,23-29,31,36-39,41H,7-16H2,1-3H3,(H,35,40)/t19-,23-,24+,25-,26+,27-,28+,29+,31-,32-,33+,34-/m0/s1. The Kier molecular flexibility index (Phi) is 8.33. The van der Waals surface area contributed by atoms with Gasteiger partial charge in [0.1, 0.15) is 18.3 Å². The number of allylic oxidation sites excluding steroid dienone is 1. The summed E-state index contributed by atoms with van der Waals surface area (Å²) >= 11 is 0. The van der Waals surface area contributed by atoms with E-state index >= 15 is 0 Å². The van der Waals surface area contributed by atoms with E-state index in [0.29, 0.717) is 11.5 Å². The molecule has 4 aliphatic carbocycles. The first-order valence-corrected chi connectivity index (χ1v) is 16.2. The SMILES string of the molecule is C[C@@H]1O[C@@H](O[C@@H]2C=C3CC[C@@H]4[C@H](CC[C@]5(C)[C@@H](c6cccc(C(=O)NCCO)c6)CC[C@]45O)[C@@]3(C)CC2)[C@H](O)[C@H](O)[C@H]1O. The first kappa shape index (κ1) is 31.1. The van der Waals surface area contributed by atoms with Gasteiger partial charge in [0, 0.05) is 17.5 Å². The number of aliphatic hydroxyl groups excluding tert-OH is 4. The van der Waals surface area contributed by atoms with Gasteiger partial charge >= 0.3 is 0 Å². The molecule has 238 valence electrons. The third kappa shape index (κ3) is 5.00. The van der Waals surface area contributed by atoms with Gasteiger partial charge in [-0.25, -0.2) is 0 Å². The molecule has 9 nitrogen and oxygen atoms in total. The molecule has 1 heterocycles. The van der Waals surface area contributed by atoms with Gasteiger partial charge in [0.2, 0.25) is 0 Å². The van der Waals surface area contributed by atoms with Crippen molar-refractivity contribution in [2.45, 2.75) is 120 Å². The minimum atomic E-state index is -1.32. The van der Waals surface area contributed by atoms with Gasteiger partial charge in [0.05, 0.1) is 24.4 Å². The van der Waals surface area contributed by atoms with Crippen molar-refractivity contribution >= 4 is 5.91 Å². The lowest BCUT2D eigenvalue weighted by molar-refractivity contribution is -0.301. The minimum Gasteiger partial charge on any atom is -0.395 e. The molecule has 1 aliphatic heterocycles. The average Bonchev–Trinajstić information content (AvgIpc) is 3.28. The molecule has 1 amide bonds. The second-order valence-electron chi connectivity index (χ2n) is 14.3. The predicted molar refractivity (Wildman–Crippen MR) is 159 cm³/mol. The number of fused-ring (bicyclic) bond motifs is 5. The maximum Gasteiger partial charge on any atom is 0.251 e. The summed E-state index contributed by atoms with van der Waals surface area (Å²) in [5.41, 5.74) is 1.93. The van der Waals surface area contributed by atoms with E-state index in [1.54, 1.807) is 13.0 Å². The third-order valence-electron chi connectivity index (χ3n) is 12.3. The normalized spacial score (nSPS) is 45.9. The Morgan fingerprint density at radius 3 is 2.58 bits per heavy atom. The van der Waals surface area contributed by atoms with E-state index < -0.39 is 36.3 Å². The van der Waals surface area contributed by atoms with Crippen molar-refractivity contribution < 1.29 is 39.8 Å².